The summed E-state index contributed by atoms with van der Waals surface area (Å²) in [5, 5.41) is 0.859. The van der Waals surface area contributed by atoms with E-state index < -0.39 is 10.0 Å². The van der Waals surface area contributed by atoms with E-state index >= 15 is 0 Å². The molecule has 2 N–H and O–H groups in total. The molecule has 0 aliphatic heterocycles. The molecule has 0 bridgehead atoms. The van der Waals surface area contributed by atoms with E-state index in [1.165, 1.54) is 19.2 Å². The second-order valence-electron chi connectivity index (χ2n) is 5.66. The van der Waals surface area contributed by atoms with E-state index in [1.54, 1.807) is 18.2 Å². The normalized spacial score (nSPS) is 11.6. The number of ether oxygens (including phenoxy) is 1. The molecule has 1 aromatic heterocycles. The van der Waals surface area contributed by atoms with Crippen LogP contribution in [0, 0.1) is 6.92 Å². The molecule has 25 heavy (non-hydrogen) atoms. The van der Waals surface area contributed by atoms with Gasteiger partial charge in [-0.05, 0) is 48.2 Å². The van der Waals surface area contributed by atoms with Crippen LogP contribution in [-0.4, -0.2) is 20.5 Å². The number of hydrogen-bond acceptors (Lipinski definition) is 4. The molecule has 0 radical (unpaired) electrons. The third kappa shape index (κ3) is 3.57. The number of fused-ring (bicyclic) bond motifs is 1. The molecule has 0 spiro atoms. The van der Waals surface area contributed by atoms with Crippen molar-refractivity contribution in [3.05, 3.63) is 70.0 Å². The summed E-state index contributed by atoms with van der Waals surface area (Å²) < 4.78 is 32.2. The van der Waals surface area contributed by atoms with Crippen molar-refractivity contribution in [2.75, 3.05) is 7.11 Å². The standard InChI is InChI=1S/C18H18N2O4S/c1-12-4-3-5-13-10-14(18(21)20-17(12)13)11-19-25(22,23)16-8-6-15(24-2)7-9-16/h3-10,19H,11H2,1-2H3,(H,20,21). The van der Waals surface area contributed by atoms with Gasteiger partial charge in [-0.15, -0.1) is 0 Å². The van der Waals surface area contributed by atoms with Gasteiger partial charge in [0.1, 0.15) is 5.75 Å². The van der Waals surface area contributed by atoms with Gasteiger partial charge in [-0.2, -0.15) is 0 Å². The lowest BCUT2D eigenvalue weighted by molar-refractivity contribution is 0.414. The molecule has 0 aliphatic carbocycles. The third-order valence-electron chi connectivity index (χ3n) is 3.99. The monoisotopic (exact) mass is 358 g/mol. The summed E-state index contributed by atoms with van der Waals surface area (Å²) in [6, 6.07) is 13.4. The largest absolute Gasteiger partial charge is 0.497 e. The summed E-state index contributed by atoms with van der Waals surface area (Å²) in [5.41, 5.74) is 1.77. The number of hydrogen-bond donors (Lipinski definition) is 2. The molecule has 1 heterocycles. The molecule has 0 saturated carbocycles. The van der Waals surface area contributed by atoms with Crippen molar-refractivity contribution in [2.45, 2.75) is 18.4 Å². The maximum atomic E-state index is 12.4. The number of H-pyrrole nitrogens is 1. The van der Waals surface area contributed by atoms with Crippen molar-refractivity contribution in [2.24, 2.45) is 0 Å². The van der Waals surface area contributed by atoms with Crippen LogP contribution in [0.15, 0.2) is 58.2 Å². The van der Waals surface area contributed by atoms with Crippen LogP contribution in [0.4, 0.5) is 0 Å². The van der Waals surface area contributed by atoms with E-state index in [1.807, 2.05) is 25.1 Å². The Kier molecular flexibility index (Phi) is 4.61. The highest BCUT2D eigenvalue weighted by molar-refractivity contribution is 7.89. The number of methoxy groups -OCH3 is 1. The molecule has 7 heteroatoms. The van der Waals surface area contributed by atoms with Crippen molar-refractivity contribution >= 4 is 20.9 Å². The van der Waals surface area contributed by atoms with Crippen LogP contribution in [0.2, 0.25) is 0 Å². The van der Waals surface area contributed by atoms with Gasteiger partial charge < -0.3 is 9.72 Å². The van der Waals surface area contributed by atoms with Gasteiger partial charge in [0.2, 0.25) is 10.0 Å². The van der Waals surface area contributed by atoms with Crippen molar-refractivity contribution in [1.82, 2.24) is 9.71 Å². The van der Waals surface area contributed by atoms with Gasteiger partial charge in [0.05, 0.1) is 17.5 Å². The fourth-order valence-electron chi connectivity index (χ4n) is 2.57. The van der Waals surface area contributed by atoms with Crippen LogP contribution >= 0.6 is 0 Å². The van der Waals surface area contributed by atoms with E-state index in [2.05, 4.69) is 9.71 Å². The maximum Gasteiger partial charge on any atom is 0.252 e. The maximum absolute atomic E-state index is 12.4. The molecule has 2 aromatic carbocycles. The van der Waals surface area contributed by atoms with Crippen LogP contribution < -0.4 is 15.0 Å². The topological polar surface area (TPSA) is 88.3 Å². The second kappa shape index (κ2) is 6.70. The smallest absolute Gasteiger partial charge is 0.252 e. The molecular weight excluding hydrogens is 340 g/mol. The average Bonchev–Trinajstić information content (AvgIpc) is 2.61. The predicted molar refractivity (Wildman–Crippen MR) is 96.3 cm³/mol. The van der Waals surface area contributed by atoms with Gasteiger partial charge >= 0.3 is 0 Å². The Morgan fingerprint density at radius 1 is 1.12 bits per heavy atom. The van der Waals surface area contributed by atoms with Gasteiger partial charge in [0.15, 0.2) is 0 Å². The SMILES string of the molecule is COc1ccc(S(=O)(=O)NCc2cc3cccc(C)c3[nH]c2=O)cc1. The minimum atomic E-state index is -3.72. The molecule has 0 unspecified atom stereocenters. The zero-order valence-corrected chi connectivity index (χ0v) is 14.7. The van der Waals surface area contributed by atoms with Crippen molar-refractivity contribution in [3.8, 4) is 5.75 Å². The summed E-state index contributed by atoms with van der Waals surface area (Å²) in [5.74, 6) is 0.570. The first-order valence-electron chi connectivity index (χ1n) is 7.66. The van der Waals surface area contributed by atoms with E-state index in [0.29, 0.717) is 11.3 Å². The molecule has 3 rings (SSSR count). The summed E-state index contributed by atoms with van der Waals surface area (Å²) >= 11 is 0. The molecular formula is C18H18N2O4S. The first-order chi connectivity index (χ1) is 11.9. The average molecular weight is 358 g/mol. The molecule has 0 fully saturated rings. The summed E-state index contributed by atoms with van der Waals surface area (Å²) in [7, 11) is -2.21. The number of nitrogens with one attached hydrogen (secondary N) is 2. The third-order valence-corrected chi connectivity index (χ3v) is 5.40. The van der Waals surface area contributed by atoms with Crippen molar-refractivity contribution < 1.29 is 13.2 Å². The number of rotatable bonds is 5. The summed E-state index contributed by atoms with van der Waals surface area (Å²) in [4.78, 5) is 15.1. The number of aromatic nitrogens is 1. The highest BCUT2D eigenvalue weighted by Crippen LogP contribution is 2.17. The second-order valence-corrected chi connectivity index (χ2v) is 7.43. The van der Waals surface area contributed by atoms with E-state index in [0.717, 1.165) is 16.5 Å². The van der Waals surface area contributed by atoms with E-state index in [9.17, 15) is 13.2 Å². The zero-order valence-electron chi connectivity index (χ0n) is 13.9. The Morgan fingerprint density at radius 3 is 2.52 bits per heavy atom. The highest BCUT2D eigenvalue weighted by atomic mass is 32.2. The number of benzene rings is 2. The Hall–Kier alpha value is -2.64. The minimum Gasteiger partial charge on any atom is -0.497 e. The van der Waals surface area contributed by atoms with Gasteiger partial charge in [-0.3, -0.25) is 4.79 Å². The van der Waals surface area contributed by atoms with E-state index in [4.69, 9.17) is 4.74 Å². The molecule has 6 nitrogen and oxygen atoms in total. The van der Waals surface area contributed by atoms with Gasteiger partial charge in [-0.1, -0.05) is 18.2 Å². The summed E-state index contributed by atoms with van der Waals surface area (Å²) in [6.07, 6.45) is 0. The minimum absolute atomic E-state index is 0.0897. The van der Waals surface area contributed by atoms with Crippen molar-refractivity contribution in [3.63, 3.8) is 0 Å². The number of aryl methyl sites for hydroxylation is 1. The molecule has 0 atom stereocenters. The molecule has 0 saturated heterocycles. The summed E-state index contributed by atoms with van der Waals surface area (Å²) in [6.45, 7) is 1.82. The molecule has 0 aliphatic rings. The van der Waals surface area contributed by atoms with Gasteiger partial charge in [0, 0.05) is 12.1 Å². The number of pyridine rings is 1. The van der Waals surface area contributed by atoms with Crippen LogP contribution in [0.5, 0.6) is 5.75 Å². The van der Waals surface area contributed by atoms with E-state index in [-0.39, 0.29) is 17.0 Å². The fourth-order valence-corrected chi connectivity index (χ4v) is 3.58. The molecule has 0 amide bonds. The zero-order chi connectivity index (χ0) is 18.0. The number of sulfonamides is 1. The first-order valence-corrected chi connectivity index (χ1v) is 9.14. The first kappa shape index (κ1) is 17.2. The fraction of sp³-hybridized carbons (Fsp3) is 0.167. The Labute approximate surface area is 145 Å². The lowest BCUT2D eigenvalue weighted by atomic mass is 10.1. The molecule has 130 valence electrons. The van der Waals surface area contributed by atoms with Gasteiger partial charge in [0.25, 0.3) is 5.56 Å². The Bertz CT molecular complexity index is 1070. The number of para-hydroxylation sites is 1. The lowest BCUT2D eigenvalue weighted by Crippen LogP contribution is -2.27. The van der Waals surface area contributed by atoms with Crippen LogP contribution in [0.25, 0.3) is 10.9 Å². The highest BCUT2D eigenvalue weighted by Gasteiger charge is 2.15. The predicted octanol–water partition coefficient (Wildman–Crippen LogP) is 2.32. The van der Waals surface area contributed by atoms with Crippen LogP contribution in [-0.2, 0) is 16.6 Å². The van der Waals surface area contributed by atoms with Crippen molar-refractivity contribution in [1.29, 1.82) is 0 Å². The Morgan fingerprint density at radius 2 is 1.84 bits per heavy atom. The van der Waals surface area contributed by atoms with Crippen LogP contribution in [0.3, 0.4) is 0 Å². The number of aromatic amines is 1. The molecule has 3 aromatic rings. The lowest BCUT2D eigenvalue weighted by Gasteiger charge is -2.09. The Balaban J connectivity index is 1.86. The van der Waals surface area contributed by atoms with Gasteiger partial charge in [-0.25, -0.2) is 13.1 Å². The van der Waals surface area contributed by atoms with Crippen LogP contribution in [0.1, 0.15) is 11.1 Å². The quantitative estimate of drug-likeness (QED) is 0.733.